The number of carbonyl (C=O) groups excluding carboxylic acids is 1. The Hall–Kier alpha value is -4.06. The minimum Gasteiger partial charge on any atom is -0.454 e. The number of amides is 1. The van der Waals surface area contributed by atoms with Gasteiger partial charge in [-0.3, -0.25) is 4.79 Å². The van der Waals surface area contributed by atoms with E-state index >= 15 is 0 Å². The Labute approximate surface area is 185 Å². The van der Waals surface area contributed by atoms with E-state index in [4.69, 9.17) is 13.9 Å². The van der Waals surface area contributed by atoms with Gasteiger partial charge in [-0.05, 0) is 43.7 Å². The highest BCUT2D eigenvalue weighted by Gasteiger charge is 2.20. The summed E-state index contributed by atoms with van der Waals surface area (Å²) < 4.78 is 16.8. The van der Waals surface area contributed by atoms with Crippen molar-refractivity contribution in [3.63, 3.8) is 0 Å². The number of rotatable bonds is 5. The van der Waals surface area contributed by atoms with Crippen molar-refractivity contribution in [2.75, 3.05) is 6.79 Å². The van der Waals surface area contributed by atoms with E-state index < -0.39 is 0 Å². The maximum absolute atomic E-state index is 13.1. The zero-order chi connectivity index (χ0) is 22.1. The fourth-order valence-electron chi connectivity index (χ4n) is 3.66. The molecule has 2 heterocycles. The monoisotopic (exact) mass is 426 g/mol. The Bertz CT molecular complexity index is 1280. The first-order chi connectivity index (χ1) is 15.6. The van der Waals surface area contributed by atoms with E-state index in [1.165, 1.54) is 5.56 Å². The van der Waals surface area contributed by atoms with Gasteiger partial charge in [0.05, 0.1) is 17.8 Å². The van der Waals surface area contributed by atoms with Crippen LogP contribution in [-0.4, -0.2) is 17.7 Å². The van der Waals surface area contributed by atoms with Crippen LogP contribution in [0.25, 0.3) is 22.8 Å². The lowest BCUT2D eigenvalue weighted by molar-refractivity contribution is 0.0940. The van der Waals surface area contributed by atoms with Gasteiger partial charge in [-0.15, -0.1) is 0 Å². The lowest BCUT2D eigenvalue weighted by Crippen LogP contribution is -2.27. The largest absolute Gasteiger partial charge is 0.454 e. The maximum Gasteiger partial charge on any atom is 0.252 e. The van der Waals surface area contributed by atoms with Crippen LogP contribution in [0.5, 0.6) is 11.5 Å². The summed E-state index contributed by atoms with van der Waals surface area (Å²) >= 11 is 0. The highest BCUT2D eigenvalue weighted by atomic mass is 16.7. The quantitative estimate of drug-likeness (QED) is 0.454. The Kier molecular flexibility index (Phi) is 5.11. The topological polar surface area (TPSA) is 73.6 Å². The molecular weight excluding hydrogens is 404 g/mol. The molecule has 6 heteroatoms. The third-order valence-electron chi connectivity index (χ3n) is 5.49. The molecule has 6 nitrogen and oxygen atoms in total. The first-order valence-electron chi connectivity index (χ1n) is 10.4. The van der Waals surface area contributed by atoms with Gasteiger partial charge in [0.25, 0.3) is 5.91 Å². The number of hydrogen-bond donors (Lipinski definition) is 1. The minimum atomic E-state index is -0.224. The third kappa shape index (κ3) is 3.83. The van der Waals surface area contributed by atoms with Gasteiger partial charge >= 0.3 is 0 Å². The smallest absolute Gasteiger partial charge is 0.252 e. The number of benzene rings is 3. The second-order valence-corrected chi connectivity index (χ2v) is 7.75. The van der Waals surface area contributed by atoms with Gasteiger partial charge in [0.1, 0.15) is 0 Å². The molecule has 0 bridgehead atoms. The van der Waals surface area contributed by atoms with Gasteiger partial charge in [-0.1, -0.05) is 48.0 Å². The van der Waals surface area contributed by atoms with Crippen LogP contribution in [0.3, 0.4) is 0 Å². The van der Waals surface area contributed by atoms with Crippen LogP contribution in [-0.2, 0) is 0 Å². The number of oxazole rings is 1. The number of nitrogens with one attached hydrogen (secondary N) is 1. The Morgan fingerprint density at radius 3 is 2.62 bits per heavy atom. The molecule has 1 N–H and O–H groups in total. The van der Waals surface area contributed by atoms with Gasteiger partial charge in [0, 0.05) is 11.1 Å². The molecule has 1 aliphatic heterocycles. The van der Waals surface area contributed by atoms with Gasteiger partial charge in [0.15, 0.2) is 17.3 Å². The predicted octanol–water partition coefficient (Wildman–Crippen LogP) is 5.54. The fraction of sp³-hybridized carbons (Fsp3) is 0.154. The molecule has 1 unspecified atom stereocenters. The lowest BCUT2D eigenvalue weighted by Gasteiger charge is -2.16. The summed E-state index contributed by atoms with van der Waals surface area (Å²) in [7, 11) is 0. The molecule has 0 aliphatic carbocycles. The molecular formula is C26H22N2O4. The molecule has 0 fully saturated rings. The number of ether oxygens (including phenoxy) is 2. The maximum atomic E-state index is 13.1. The highest BCUT2D eigenvalue weighted by Crippen LogP contribution is 2.34. The summed E-state index contributed by atoms with van der Waals surface area (Å²) in [5.74, 6) is 2.25. The van der Waals surface area contributed by atoms with E-state index in [0.29, 0.717) is 34.3 Å². The SMILES string of the molecule is Cc1ccc(-c2cnc(-c3ccccc3C(=O)NC(C)c3ccc4c(c3)OCO4)o2)cc1. The van der Waals surface area contributed by atoms with Crippen molar-refractivity contribution in [1.82, 2.24) is 10.3 Å². The molecule has 4 aromatic rings. The molecule has 1 aliphatic rings. The van der Waals surface area contributed by atoms with Crippen LogP contribution in [0.1, 0.15) is 34.5 Å². The van der Waals surface area contributed by atoms with Crippen molar-refractivity contribution in [3.05, 3.63) is 89.6 Å². The van der Waals surface area contributed by atoms with E-state index in [9.17, 15) is 4.79 Å². The van der Waals surface area contributed by atoms with E-state index in [1.807, 2.05) is 74.5 Å². The molecule has 1 aromatic heterocycles. The zero-order valence-electron chi connectivity index (χ0n) is 17.8. The molecule has 32 heavy (non-hydrogen) atoms. The van der Waals surface area contributed by atoms with Gasteiger partial charge in [-0.25, -0.2) is 4.98 Å². The highest BCUT2D eigenvalue weighted by molar-refractivity contribution is 6.00. The van der Waals surface area contributed by atoms with Crippen LogP contribution in [0.4, 0.5) is 0 Å². The molecule has 160 valence electrons. The summed E-state index contributed by atoms with van der Waals surface area (Å²) in [5.41, 5.74) is 4.18. The number of carbonyl (C=O) groups is 1. The molecule has 0 radical (unpaired) electrons. The summed E-state index contributed by atoms with van der Waals surface area (Å²) in [5, 5.41) is 3.05. The van der Waals surface area contributed by atoms with Gasteiger partial charge in [0.2, 0.25) is 12.7 Å². The molecule has 0 saturated heterocycles. The van der Waals surface area contributed by atoms with Crippen molar-refractivity contribution in [3.8, 4) is 34.3 Å². The standard InChI is InChI=1S/C26H22N2O4/c1-16-7-9-18(10-8-16)24-14-27-26(32-24)21-6-4-3-5-20(21)25(29)28-17(2)19-11-12-22-23(13-19)31-15-30-22/h3-14,17H,15H2,1-2H3,(H,28,29). The number of nitrogens with zero attached hydrogens (tertiary/aromatic N) is 1. The zero-order valence-corrected chi connectivity index (χ0v) is 17.8. The van der Waals surface area contributed by atoms with Crippen molar-refractivity contribution < 1.29 is 18.7 Å². The second kappa shape index (κ2) is 8.23. The second-order valence-electron chi connectivity index (χ2n) is 7.75. The van der Waals surface area contributed by atoms with Gasteiger partial charge < -0.3 is 19.2 Å². The lowest BCUT2D eigenvalue weighted by atomic mass is 10.0. The minimum absolute atomic E-state index is 0.208. The Morgan fingerprint density at radius 2 is 1.78 bits per heavy atom. The molecule has 0 saturated carbocycles. The number of aryl methyl sites for hydroxylation is 1. The first-order valence-corrected chi connectivity index (χ1v) is 10.4. The van der Waals surface area contributed by atoms with Crippen LogP contribution in [0.15, 0.2) is 77.3 Å². The van der Waals surface area contributed by atoms with Gasteiger partial charge in [-0.2, -0.15) is 0 Å². The number of fused-ring (bicyclic) bond motifs is 1. The molecule has 3 aromatic carbocycles. The van der Waals surface area contributed by atoms with Crippen molar-refractivity contribution >= 4 is 5.91 Å². The average molecular weight is 426 g/mol. The van der Waals surface area contributed by atoms with Crippen LogP contribution in [0.2, 0.25) is 0 Å². The van der Waals surface area contributed by atoms with Crippen LogP contribution in [0, 0.1) is 6.92 Å². The van der Waals surface area contributed by atoms with E-state index in [2.05, 4.69) is 10.3 Å². The van der Waals surface area contributed by atoms with Crippen LogP contribution < -0.4 is 14.8 Å². The van der Waals surface area contributed by atoms with Crippen LogP contribution >= 0.6 is 0 Å². The summed E-state index contributed by atoms with van der Waals surface area (Å²) in [6, 6.07) is 20.8. The predicted molar refractivity (Wildman–Crippen MR) is 121 cm³/mol. The Balaban J connectivity index is 1.38. The number of aromatic nitrogens is 1. The fourth-order valence-corrected chi connectivity index (χ4v) is 3.66. The molecule has 1 amide bonds. The first kappa shape index (κ1) is 19.9. The van der Waals surface area contributed by atoms with Crippen molar-refractivity contribution in [1.29, 1.82) is 0 Å². The number of hydrogen-bond acceptors (Lipinski definition) is 5. The average Bonchev–Trinajstić information content (AvgIpc) is 3.49. The van der Waals surface area contributed by atoms with Crippen molar-refractivity contribution in [2.45, 2.75) is 19.9 Å². The summed E-state index contributed by atoms with van der Waals surface area (Å²) in [4.78, 5) is 17.6. The Morgan fingerprint density at radius 1 is 1.00 bits per heavy atom. The molecule has 1 atom stereocenters. The van der Waals surface area contributed by atoms with E-state index in [1.54, 1.807) is 12.3 Å². The van der Waals surface area contributed by atoms with Crippen molar-refractivity contribution in [2.24, 2.45) is 0 Å². The third-order valence-corrected chi connectivity index (χ3v) is 5.49. The summed E-state index contributed by atoms with van der Waals surface area (Å²) in [6.45, 7) is 4.18. The van der Waals surface area contributed by atoms with E-state index in [-0.39, 0.29) is 18.7 Å². The molecule has 5 rings (SSSR count). The normalized spacial score (nSPS) is 13.1. The molecule has 0 spiro atoms. The summed E-state index contributed by atoms with van der Waals surface area (Å²) in [6.07, 6.45) is 1.68. The van der Waals surface area contributed by atoms with E-state index in [0.717, 1.165) is 11.1 Å².